The van der Waals surface area contributed by atoms with Crippen molar-refractivity contribution in [1.29, 1.82) is 0 Å². The Bertz CT molecular complexity index is 336. The lowest BCUT2D eigenvalue weighted by atomic mass is 10.2. The van der Waals surface area contributed by atoms with Crippen molar-refractivity contribution in [2.24, 2.45) is 5.73 Å². The van der Waals surface area contributed by atoms with Gasteiger partial charge in [0.05, 0.1) is 6.54 Å². The second-order valence-electron chi connectivity index (χ2n) is 3.91. The van der Waals surface area contributed by atoms with Crippen molar-refractivity contribution in [2.45, 2.75) is 45.7 Å². The fourth-order valence-electron chi connectivity index (χ4n) is 1.55. The van der Waals surface area contributed by atoms with E-state index in [4.69, 9.17) is 5.73 Å². The molecule has 0 saturated carbocycles. The fourth-order valence-corrected chi connectivity index (χ4v) is 1.55. The van der Waals surface area contributed by atoms with E-state index in [1.165, 1.54) is 0 Å². The van der Waals surface area contributed by atoms with Gasteiger partial charge in [0, 0.05) is 13.0 Å². The maximum Gasteiger partial charge on any atom is 0.220 e. The Morgan fingerprint density at radius 2 is 2.29 bits per heavy atom. The molecule has 0 atom stereocenters. The monoisotopic (exact) mass is 239 g/mol. The number of aromatic nitrogens is 3. The van der Waals surface area contributed by atoms with E-state index in [0.29, 0.717) is 19.5 Å². The quantitative estimate of drug-likeness (QED) is 0.644. The summed E-state index contributed by atoms with van der Waals surface area (Å²) >= 11 is 0. The molecule has 0 aromatic carbocycles. The third-order valence-electron chi connectivity index (χ3n) is 2.59. The van der Waals surface area contributed by atoms with Crippen LogP contribution in [0.15, 0.2) is 6.33 Å². The molecule has 0 spiro atoms. The van der Waals surface area contributed by atoms with Gasteiger partial charge in [0.15, 0.2) is 5.82 Å². The van der Waals surface area contributed by atoms with Crippen LogP contribution in [0.2, 0.25) is 0 Å². The summed E-state index contributed by atoms with van der Waals surface area (Å²) in [5.74, 6) is 0.857. The van der Waals surface area contributed by atoms with Crippen LogP contribution < -0.4 is 11.1 Å². The van der Waals surface area contributed by atoms with Crippen molar-refractivity contribution in [3.63, 3.8) is 0 Å². The number of aryl methyl sites for hydroxylation is 1. The molecule has 1 heterocycles. The van der Waals surface area contributed by atoms with Gasteiger partial charge < -0.3 is 15.6 Å². The highest BCUT2D eigenvalue weighted by Crippen LogP contribution is 1.99. The zero-order valence-corrected chi connectivity index (χ0v) is 10.4. The van der Waals surface area contributed by atoms with Crippen molar-refractivity contribution >= 4 is 5.91 Å². The number of nitrogens with two attached hydrogens (primary N) is 1. The first-order chi connectivity index (χ1) is 8.27. The minimum Gasteiger partial charge on any atom is -0.349 e. The number of rotatable bonds is 8. The molecule has 1 aromatic rings. The Labute approximate surface area is 102 Å². The first-order valence-electron chi connectivity index (χ1n) is 6.11. The van der Waals surface area contributed by atoms with Crippen molar-refractivity contribution in [1.82, 2.24) is 20.1 Å². The van der Waals surface area contributed by atoms with Crippen LogP contribution in [-0.2, 0) is 17.9 Å². The molecule has 96 valence electrons. The van der Waals surface area contributed by atoms with Crippen LogP contribution in [0.4, 0.5) is 0 Å². The van der Waals surface area contributed by atoms with E-state index in [9.17, 15) is 4.79 Å². The van der Waals surface area contributed by atoms with Gasteiger partial charge in [-0.2, -0.15) is 0 Å². The number of nitrogens with one attached hydrogen (secondary N) is 1. The number of hydrogen-bond donors (Lipinski definition) is 2. The van der Waals surface area contributed by atoms with E-state index in [-0.39, 0.29) is 5.91 Å². The topological polar surface area (TPSA) is 85.8 Å². The lowest BCUT2D eigenvalue weighted by Crippen LogP contribution is -2.24. The molecule has 0 fully saturated rings. The zero-order chi connectivity index (χ0) is 12.5. The predicted octanol–water partition coefficient (Wildman–Crippen LogP) is 0.433. The normalized spacial score (nSPS) is 10.5. The molecular weight excluding hydrogens is 218 g/mol. The first-order valence-corrected chi connectivity index (χ1v) is 6.11. The summed E-state index contributed by atoms with van der Waals surface area (Å²) in [5, 5.41) is 10.6. The van der Waals surface area contributed by atoms with Gasteiger partial charge in [-0.25, -0.2) is 0 Å². The molecular formula is C11H21N5O. The van der Waals surface area contributed by atoms with Gasteiger partial charge in [-0.05, 0) is 26.3 Å². The molecule has 0 aliphatic heterocycles. The minimum absolute atomic E-state index is 0.0627. The van der Waals surface area contributed by atoms with E-state index in [2.05, 4.69) is 15.5 Å². The summed E-state index contributed by atoms with van der Waals surface area (Å²) in [7, 11) is 0. The molecule has 0 bridgehead atoms. The molecule has 6 nitrogen and oxygen atoms in total. The molecule has 1 amide bonds. The molecule has 0 aliphatic rings. The summed E-state index contributed by atoms with van der Waals surface area (Å²) < 4.78 is 1.91. The average molecular weight is 239 g/mol. The van der Waals surface area contributed by atoms with Crippen molar-refractivity contribution in [2.75, 3.05) is 6.54 Å². The van der Waals surface area contributed by atoms with Crippen LogP contribution in [0.25, 0.3) is 0 Å². The van der Waals surface area contributed by atoms with Gasteiger partial charge in [-0.15, -0.1) is 10.2 Å². The van der Waals surface area contributed by atoms with E-state index in [1.54, 1.807) is 6.33 Å². The van der Waals surface area contributed by atoms with Crippen molar-refractivity contribution < 1.29 is 4.79 Å². The second-order valence-corrected chi connectivity index (χ2v) is 3.91. The standard InChI is InChI=1S/C11H21N5O/c1-2-16-9-14-15-10(16)8-13-11(17)6-4-3-5-7-12/h9H,2-8,12H2,1H3,(H,13,17). The maximum atomic E-state index is 11.5. The van der Waals surface area contributed by atoms with E-state index in [1.807, 2.05) is 11.5 Å². The molecule has 0 unspecified atom stereocenters. The smallest absolute Gasteiger partial charge is 0.220 e. The van der Waals surface area contributed by atoms with Crippen LogP contribution in [0.5, 0.6) is 0 Å². The van der Waals surface area contributed by atoms with Gasteiger partial charge in [0.2, 0.25) is 5.91 Å². The van der Waals surface area contributed by atoms with Gasteiger partial charge in [-0.1, -0.05) is 6.42 Å². The number of unbranched alkanes of at least 4 members (excludes halogenated alkanes) is 2. The highest BCUT2D eigenvalue weighted by atomic mass is 16.1. The molecule has 6 heteroatoms. The first kappa shape index (κ1) is 13.6. The van der Waals surface area contributed by atoms with E-state index in [0.717, 1.165) is 31.6 Å². The number of hydrogen-bond acceptors (Lipinski definition) is 4. The molecule has 0 aliphatic carbocycles. The van der Waals surface area contributed by atoms with E-state index < -0.39 is 0 Å². The number of carbonyl (C=O) groups excluding carboxylic acids is 1. The molecule has 3 N–H and O–H groups in total. The van der Waals surface area contributed by atoms with Crippen LogP contribution in [0.3, 0.4) is 0 Å². The van der Waals surface area contributed by atoms with E-state index >= 15 is 0 Å². The van der Waals surface area contributed by atoms with Crippen LogP contribution in [0.1, 0.15) is 38.4 Å². The summed E-state index contributed by atoms with van der Waals surface area (Å²) in [6, 6.07) is 0. The summed E-state index contributed by atoms with van der Waals surface area (Å²) in [4.78, 5) is 11.5. The van der Waals surface area contributed by atoms with Crippen molar-refractivity contribution in [3.05, 3.63) is 12.2 Å². The van der Waals surface area contributed by atoms with Gasteiger partial charge >= 0.3 is 0 Å². The second kappa shape index (κ2) is 7.78. The number of amides is 1. The third kappa shape index (κ3) is 4.95. The molecule has 1 rings (SSSR count). The maximum absolute atomic E-state index is 11.5. The Balaban J connectivity index is 2.19. The Kier molecular flexibility index (Phi) is 6.24. The summed E-state index contributed by atoms with van der Waals surface area (Å²) in [5.41, 5.74) is 5.38. The highest BCUT2D eigenvalue weighted by Gasteiger charge is 2.05. The molecule has 1 aromatic heterocycles. The van der Waals surface area contributed by atoms with Crippen LogP contribution in [0, 0.1) is 0 Å². The number of nitrogens with zero attached hydrogens (tertiary/aromatic N) is 3. The Morgan fingerprint density at radius 3 is 3.00 bits per heavy atom. The lowest BCUT2D eigenvalue weighted by Gasteiger charge is -2.05. The van der Waals surface area contributed by atoms with Crippen LogP contribution >= 0.6 is 0 Å². The highest BCUT2D eigenvalue weighted by molar-refractivity contribution is 5.75. The van der Waals surface area contributed by atoms with Gasteiger partial charge in [0.1, 0.15) is 6.33 Å². The third-order valence-corrected chi connectivity index (χ3v) is 2.59. The molecule has 17 heavy (non-hydrogen) atoms. The number of carbonyl (C=O) groups is 1. The largest absolute Gasteiger partial charge is 0.349 e. The van der Waals surface area contributed by atoms with Gasteiger partial charge in [-0.3, -0.25) is 4.79 Å². The Morgan fingerprint density at radius 1 is 1.47 bits per heavy atom. The predicted molar refractivity (Wildman–Crippen MR) is 65.1 cm³/mol. The molecule has 0 saturated heterocycles. The minimum atomic E-state index is 0.0627. The summed E-state index contributed by atoms with van der Waals surface area (Å²) in [6.07, 6.45) is 5.11. The average Bonchev–Trinajstić information content (AvgIpc) is 2.79. The van der Waals surface area contributed by atoms with Crippen molar-refractivity contribution in [3.8, 4) is 0 Å². The summed E-state index contributed by atoms with van der Waals surface area (Å²) in [6.45, 7) is 3.97. The van der Waals surface area contributed by atoms with Crippen LogP contribution in [-0.4, -0.2) is 27.2 Å². The fraction of sp³-hybridized carbons (Fsp3) is 0.727. The lowest BCUT2D eigenvalue weighted by molar-refractivity contribution is -0.121. The zero-order valence-electron chi connectivity index (χ0n) is 10.4. The SMILES string of the molecule is CCn1cnnc1CNC(=O)CCCCCN. The van der Waals surface area contributed by atoms with Gasteiger partial charge in [0.25, 0.3) is 0 Å². The molecule has 0 radical (unpaired) electrons. The Hall–Kier alpha value is -1.43.